The van der Waals surface area contributed by atoms with Gasteiger partial charge in [-0.15, -0.1) is 5.75 Å². The van der Waals surface area contributed by atoms with Gasteiger partial charge in [-0.25, -0.2) is 4.99 Å². The molecule has 0 unspecified atom stereocenters. The first-order valence-corrected chi connectivity index (χ1v) is 12.0. The van der Waals surface area contributed by atoms with E-state index in [4.69, 9.17) is 18.8 Å². The molecule has 0 aliphatic carbocycles. The zero-order valence-corrected chi connectivity index (χ0v) is 14.2. The van der Waals surface area contributed by atoms with Crippen molar-refractivity contribution < 1.29 is 16.5 Å². The van der Waals surface area contributed by atoms with Gasteiger partial charge < -0.3 is 6.42 Å². The predicted molar refractivity (Wildman–Crippen MR) is 75.8 cm³/mol. The van der Waals surface area contributed by atoms with E-state index in [0.717, 1.165) is 6.54 Å². The van der Waals surface area contributed by atoms with Crippen LogP contribution in [0.2, 0.25) is 0 Å². The summed E-state index contributed by atoms with van der Waals surface area (Å²) in [6.07, 6.45) is 11.8. The fourth-order valence-electron chi connectivity index (χ4n) is 0.785. The summed E-state index contributed by atoms with van der Waals surface area (Å²) in [6.45, 7) is 3.01. The summed E-state index contributed by atoms with van der Waals surface area (Å²) in [4.78, 5) is 7.40. The second-order valence-corrected chi connectivity index (χ2v) is 6.94. The second-order valence-electron chi connectivity index (χ2n) is 2.74. The fraction of sp³-hybridized carbons (Fsp3) is 0.700. The first kappa shape index (κ1) is 19.3. The standard InChI is InChI=1S/C7H15S.C3H4N2.2ClH.Pt/c1-3-4-5-6-7-8-2;1-2-5-3-4-1;;;/h6H,3-5,7H2,1-2H3;1,3H,2H2;2*1H;/q-1;;;;+2/p-2. The topological polar surface area (TPSA) is 24.7 Å². The molecule has 0 aromatic heterocycles. The summed E-state index contributed by atoms with van der Waals surface area (Å²) in [7, 11) is 9.75. The number of hydrogen-bond acceptors (Lipinski definition) is 3. The monoisotopic (exact) mass is 464 g/mol. The second kappa shape index (κ2) is 21.3. The van der Waals surface area contributed by atoms with Gasteiger partial charge in [-0.1, -0.05) is 19.8 Å². The summed E-state index contributed by atoms with van der Waals surface area (Å²) < 4.78 is 0. The molecule has 0 N–H and O–H groups in total. The number of unbranched alkanes of at least 4 members (excludes halogenated alkanes) is 3. The molecule has 1 aliphatic rings. The van der Waals surface area contributed by atoms with E-state index in [9.17, 15) is 0 Å². The van der Waals surface area contributed by atoms with E-state index in [1.807, 2.05) is 11.8 Å². The Morgan fingerprint density at radius 3 is 2.50 bits per heavy atom. The van der Waals surface area contributed by atoms with Crippen LogP contribution in [0, 0.1) is 6.42 Å². The van der Waals surface area contributed by atoms with Crippen LogP contribution in [0.3, 0.4) is 0 Å². The Labute approximate surface area is 120 Å². The Balaban J connectivity index is 0. The fourth-order valence-corrected chi connectivity index (χ4v) is 1.19. The van der Waals surface area contributed by atoms with E-state index in [-0.39, 0.29) is 0 Å². The van der Waals surface area contributed by atoms with Crippen molar-refractivity contribution in [1.29, 1.82) is 0 Å². The molecule has 0 fully saturated rings. The number of rotatable bonds is 5. The Morgan fingerprint density at radius 2 is 2.19 bits per heavy atom. The Morgan fingerprint density at radius 1 is 1.50 bits per heavy atom. The molecular weight excluding hydrogens is 446 g/mol. The molecule has 0 aromatic carbocycles. The molecule has 0 saturated heterocycles. The van der Waals surface area contributed by atoms with Crippen molar-refractivity contribution >= 4 is 43.2 Å². The van der Waals surface area contributed by atoms with Crippen molar-refractivity contribution in [3.63, 3.8) is 0 Å². The molecule has 6 heteroatoms. The summed E-state index contributed by atoms with van der Waals surface area (Å²) in [5, 5.41) is 0. The maximum atomic E-state index is 4.88. The van der Waals surface area contributed by atoms with E-state index in [2.05, 4.69) is 29.6 Å². The van der Waals surface area contributed by atoms with Crippen LogP contribution in [0.15, 0.2) is 9.98 Å². The molecule has 0 aromatic rings. The van der Waals surface area contributed by atoms with Gasteiger partial charge in [0.25, 0.3) is 0 Å². The predicted octanol–water partition coefficient (Wildman–Crippen LogP) is 4.22. The van der Waals surface area contributed by atoms with Crippen LogP contribution in [0.4, 0.5) is 0 Å². The van der Waals surface area contributed by atoms with Crippen molar-refractivity contribution in [2.45, 2.75) is 26.2 Å². The van der Waals surface area contributed by atoms with Crippen LogP contribution < -0.4 is 0 Å². The van der Waals surface area contributed by atoms with Crippen molar-refractivity contribution in [3.05, 3.63) is 6.42 Å². The SMILES string of the molecule is C1=NC=NC1.CCCC[CH-]CSC.[Cl][Pt][Cl]. The van der Waals surface area contributed by atoms with Gasteiger partial charge in [0.15, 0.2) is 0 Å². The molecular formula is C10H19Cl2N2PtS-. The van der Waals surface area contributed by atoms with E-state index in [1.54, 1.807) is 12.6 Å². The van der Waals surface area contributed by atoms with Crippen LogP contribution >= 0.6 is 30.6 Å². The molecule has 2 nitrogen and oxygen atoms in total. The Hall–Kier alpha value is 0.958. The van der Waals surface area contributed by atoms with Crippen LogP contribution in [0.1, 0.15) is 26.2 Å². The van der Waals surface area contributed by atoms with Crippen LogP contribution in [-0.2, 0) is 16.5 Å². The van der Waals surface area contributed by atoms with Gasteiger partial charge in [-0.3, -0.25) is 4.99 Å². The molecule has 0 spiro atoms. The van der Waals surface area contributed by atoms with Gasteiger partial charge in [0.1, 0.15) is 6.34 Å². The number of aliphatic imine (C=N–C) groups is 2. The van der Waals surface area contributed by atoms with Crippen LogP contribution in [0.5, 0.6) is 0 Å². The van der Waals surface area contributed by atoms with E-state index >= 15 is 0 Å². The molecule has 100 valence electrons. The summed E-state index contributed by atoms with van der Waals surface area (Å²) >= 11 is 1.42. The van der Waals surface area contributed by atoms with Gasteiger partial charge in [0.2, 0.25) is 0 Å². The molecule has 0 bridgehead atoms. The zero-order valence-electron chi connectivity index (χ0n) is 9.64. The minimum atomic E-state index is -0.472. The molecule has 1 aliphatic heterocycles. The van der Waals surface area contributed by atoms with Crippen molar-refractivity contribution in [1.82, 2.24) is 0 Å². The molecule has 16 heavy (non-hydrogen) atoms. The average Bonchev–Trinajstić information content (AvgIpc) is 2.84. The molecule has 0 radical (unpaired) electrons. The van der Waals surface area contributed by atoms with Crippen molar-refractivity contribution in [3.8, 4) is 0 Å². The third-order valence-electron chi connectivity index (χ3n) is 1.49. The van der Waals surface area contributed by atoms with Crippen molar-refractivity contribution in [2.75, 3.05) is 18.6 Å². The van der Waals surface area contributed by atoms with E-state index < -0.39 is 16.5 Å². The summed E-state index contributed by atoms with van der Waals surface area (Å²) in [5.74, 6) is 1.22. The molecule has 0 amide bonds. The maximum absolute atomic E-state index is 4.88. The normalized spacial score (nSPS) is 11.8. The summed E-state index contributed by atoms with van der Waals surface area (Å²) in [6, 6.07) is 0. The van der Waals surface area contributed by atoms with E-state index in [1.165, 1.54) is 25.0 Å². The third kappa shape index (κ3) is 24.3. The molecule has 0 atom stereocenters. The number of nitrogens with zero attached hydrogens (tertiary/aromatic N) is 2. The number of hydrogen-bond donors (Lipinski definition) is 0. The zero-order chi connectivity index (χ0) is 12.5. The first-order chi connectivity index (χ1) is 7.83. The first-order valence-electron chi connectivity index (χ1n) is 4.96. The molecule has 0 saturated carbocycles. The van der Waals surface area contributed by atoms with E-state index in [0.29, 0.717) is 0 Å². The Kier molecular flexibility index (Phi) is 25.7. The minimum absolute atomic E-state index is 0.472. The van der Waals surface area contributed by atoms with Crippen LogP contribution in [-0.4, -0.2) is 31.1 Å². The average molecular weight is 465 g/mol. The van der Waals surface area contributed by atoms with Gasteiger partial charge >= 0.3 is 35.3 Å². The van der Waals surface area contributed by atoms with Crippen molar-refractivity contribution in [2.24, 2.45) is 9.98 Å². The molecule has 1 rings (SSSR count). The van der Waals surface area contributed by atoms with Gasteiger partial charge in [0, 0.05) is 6.21 Å². The van der Waals surface area contributed by atoms with Gasteiger partial charge in [0.05, 0.1) is 6.54 Å². The Bertz CT molecular complexity index is 153. The molecule has 1 heterocycles. The van der Waals surface area contributed by atoms with Gasteiger partial charge in [-0.05, 0) is 6.26 Å². The number of halogens is 2. The van der Waals surface area contributed by atoms with Gasteiger partial charge in [-0.2, -0.15) is 18.2 Å². The third-order valence-corrected chi connectivity index (χ3v) is 2.06. The quantitative estimate of drug-likeness (QED) is 0.441. The number of thioether (sulfide) groups is 1. The summed E-state index contributed by atoms with van der Waals surface area (Å²) in [5.41, 5.74) is 0. The van der Waals surface area contributed by atoms with Crippen LogP contribution in [0.25, 0.3) is 0 Å².